The van der Waals surface area contributed by atoms with E-state index in [0.29, 0.717) is 12.8 Å². The topological polar surface area (TPSA) is 166 Å². The minimum atomic E-state index is -1.53. The van der Waals surface area contributed by atoms with Crippen LogP contribution < -0.4 is 0 Å². The summed E-state index contributed by atoms with van der Waals surface area (Å²) in [6.45, 7) is 4.69. The molecule has 0 radical (unpaired) electrons. The summed E-state index contributed by atoms with van der Waals surface area (Å²) in [5, 5.41) is 61.3. The monoisotopic (exact) mass is 446 g/mol. The molecule has 10 heteroatoms. The zero-order valence-corrected chi connectivity index (χ0v) is 18.0. The van der Waals surface area contributed by atoms with Crippen LogP contribution in [0.4, 0.5) is 0 Å². The van der Waals surface area contributed by atoms with Crippen molar-refractivity contribution < 1.29 is 49.6 Å². The lowest BCUT2D eigenvalue weighted by atomic mass is 9.54. The fourth-order valence-electron chi connectivity index (χ4n) is 6.52. The summed E-state index contributed by atoms with van der Waals surface area (Å²) in [5.74, 6) is -1.80. The third-order valence-electron chi connectivity index (χ3n) is 8.28. The molecule has 2 saturated heterocycles. The minimum Gasteiger partial charge on any atom is -0.459 e. The molecule has 0 amide bonds. The number of ether oxygens (including phenoxy) is 3. The molecule has 0 unspecified atom stereocenters. The van der Waals surface area contributed by atoms with Crippen molar-refractivity contribution in [2.75, 3.05) is 13.2 Å². The molecule has 0 aromatic heterocycles. The molecule has 2 aliphatic carbocycles. The second-order valence-electron chi connectivity index (χ2n) is 10.3. The van der Waals surface area contributed by atoms with E-state index in [-0.39, 0.29) is 24.4 Å². The lowest BCUT2D eigenvalue weighted by molar-refractivity contribution is -0.306. The van der Waals surface area contributed by atoms with Gasteiger partial charge in [0.2, 0.25) is 0 Å². The first-order chi connectivity index (χ1) is 14.4. The third-order valence-corrected chi connectivity index (χ3v) is 8.28. The summed E-state index contributed by atoms with van der Waals surface area (Å²) < 4.78 is 16.7. The van der Waals surface area contributed by atoms with Gasteiger partial charge in [-0.1, -0.05) is 6.92 Å². The van der Waals surface area contributed by atoms with E-state index in [1.54, 1.807) is 13.8 Å². The molecule has 2 bridgehead atoms. The predicted molar refractivity (Wildman–Crippen MR) is 103 cm³/mol. The van der Waals surface area contributed by atoms with E-state index in [1.807, 2.05) is 6.92 Å². The Morgan fingerprint density at radius 2 is 1.81 bits per heavy atom. The first-order valence-electron chi connectivity index (χ1n) is 11.0. The number of aliphatic hydroxyl groups is 6. The Labute approximate surface area is 180 Å². The summed E-state index contributed by atoms with van der Waals surface area (Å²) in [6, 6.07) is 0. The Hall–Kier alpha value is -0.850. The fourth-order valence-corrected chi connectivity index (χ4v) is 6.52. The molecule has 2 saturated carbocycles. The maximum absolute atomic E-state index is 12.6. The van der Waals surface area contributed by atoms with Gasteiger partial charge in [-0.3, -0.25) is 4.79 Å². The minimum absolute atomic E-state index is 0.0769. The van der Waals surface area contributed by atoms with Crippen molar-refractivity contribution in [2.24, 2.45) is 29.1 Å². The molecule has 178 valence electrons. The van der Waals surface area contributed by atoms with Crippen molar-refractivity contribution in [1.29, 1.82) is 0 Å². The van der Waals surface area contributed by atoms with Crippen LogP contribution in [-0.4, -0.2) is 98.3 Å². The Morgan fingerprint density at radius 3 is 2.42 bits per heavy atom. The zero-order valence-electron chi connectivity index (χ0n) is 18.0. The van der Waals surface area contributed by atoms with E-state index < -0.39 is 72.4 Å². The Morgan fingerprint density at radius 1 is 1.13 bits per heavy atom. The molecular weight excluding hydrogens is 412 g/mol. The Bertz CT molecular complexity index is 692. The van der Waals surface area contributed by atoms with E-state index in [0.717, 1.165) is 0 Å². The SMILES string of the molecule is CC(C)(O)[C@H]1[C@@H]2OC(=O)[C@H]1[C@H]1CC[C@H](CO[C@H]3O[C@@H](CO)[C@H](O)[C@@H](O)[C@@H]3O)[C@@]1(C)[C@H]2O. The molecule has 2 aliphatic heterocycles. The average Bonchev–Trinajstić information content (AvgIpc) is 3.20. The van der Waals surface area contributed by atoms with Crippen LogP contribution in [0.25, 0.3) is 0 Å². The molecule has 0 spiro atoms. The molecule has 10 nitrogen and oxygen atoms in total. The zero-order chi connectivity index (χ0) is 22.9. The normalized spacial score (nSPS) is 52.2. The number of carbonyl (C=O) groups excluding carboxylic acids is 1. The van der Waals surface area contributed by atoms with Crippen LogP contribution in [0.2, 0.25) is 0 Å². The van der Waals surface area contributed by atoms with Crippen LogP contribution in [0.1, 0.15) is 33.6 Å². The van der Waals surface area contributed by atoms with Crippen molar-refractivity contribution >= 4 is 5.97 Å². The molecule has 4 aliphatic rings. The molecule has 0 aromatic rings. The van der Waals surface area contributed by atoms with Gasteiger partial charge in [-0.25, -0.2) is 0 Å². The molecular formula is C21H34O10. The molecule has 4 rings (SSSR count). The number of hydrogen-bond donors (Lipinski definition) is 6. The number of aliphatic hydroxyl groups excluding tert-OH is 5. The molecule has 2 heterocycles. The summed E-state index contributed by atoms with van der Waals surface area (Å²) in [7, 11) is 0. The highest BCUT2D eigenvalue weighted by Crippen LogP contribution is 2.63. The third kappa shape index (κ3) is 3.43. The summed E-state index contributed by atoms with van der Waals surface area (Å²) in [6.07, 6.45) is -7.32. The van der Waals surface area contributed by atoms with Gasteiger partial charge >= 0.3 is 5.97 Å². The van der Waals surface area contributed by atoms with Crippen LogP contribution in [0.15, 0.2) is 0 Å². The lowest BCUT2D eigenvalue weighted by Crippen LogP contribution is -2.61. The van der Waals surface area contributed by atoms with Crippen LogP contribution in [-0.2, 0) is 19.0 Å². The van der Waals surface area contributed by atoms with E-state index in [1.165, 1.54) is 0 Å². The van der Waals surface area contributed by atoms with Gasteiger partial charge in [0, 0.05) is 11.3 Å². The van der Waals surface area contributed by atoms with Gasteiger partial charge in [0.1, 0.15) is 30.5 Å². The largest absolute Gasteiger partial charge is 0.459 e. The molecule has 0 aromatic carbocycles. The van der Waals surface area contributed by atoms with E-state index in [2.05, 4.69) is 0 Å². The average molecular weight is 446 g/mol. The Balaban J connectivity index is 1.51. The second-order valence-corrected chi connectivity index (χ2v) is 10.3. The first-order valence-corrected chi connectivity index (χ1v) is 11.0. The smallest absolute Gasteiger partial charge is 0.310 e. The lowest BCUT2D eigenvalue weighted by Gasteiger charge is -2.51. The van der Waals surface area contributed by atoms with Gasteiger partial charge < -0.3 is 44.8 Å². The van der Waals surface area contributed by atoms with Gasteiger partial charge in [-0.05, 0) is 38.5 Å². The highest BCUT2D eigenvalue weighted by Gasteiger charge is 2.70. The predicted octanol–water partition coefficient (Wildman–Crippen LogP) is -1.86. The van der Waals surface area contributed by atoms with Crippen LogP contribution in [0, 0.1) is 29.1 Å². The molecule has 31 heavy (non-hydrogen) atoms. The van der Waals surface area contributed by atoms with Crippen molar-refractivity contribution in [2.45, 2.75) is 82.1 Å². The molecule has 12 atom stereocenters. The highest BCUT2D eigenvalue weighted by atomic mass is 16.7. The van der Waals surface area contributed by atoms with Gasteiger partial charge in [0.15, 0.2) is 6.29 Å². The van der Waals surface area contributed by atoms with Crippen LogP contribution in [0.5, 0.6) is 0 Å². The fraction of sp³-hybridized carbons (Fsp3) is 0.952. The quantitative estimate of drug-likeness (QED) is 0.264. The number of hydrogen-bond acceptors (Lipinski definition) is 10. The van der Waals surface area contributed by atoms with Gasteiger partial charge in [0.25, 0.3) is 0 Å². The maximum atomic E-state index is 12.6. The number of carbonyl (C=O) groups is 1. The van der Waals surface area contributed by atoms with Gasteiger partial charge in [-0.15, -0.1) is 0 Å². The van der Waals surface area contributed by atoms with Crippen LogP contribution in [0.3, 0.4) is 0 Å². The van der Waals surface area contributed by atoms with Gasteiger partial charge in [0.05, 0.1) is 30.8 Å². The van der Waals surface area contributed by atoms with Crippen LogP contribution >= 0.6 is 0 Å². The van der Waals surface area contributed by atoms with Crippen molar-refractivity contribution in [1.82, 2.24) is 0 Å². The molecule has 6 N–H and O–H groups in total. The van der Waals surface area contributed by atoms with Gasteiger partial charge in [-0.2, -0.15) is 0 Å². The van der Waals surface area contributed by atoms with E-state index in [9.17, 15) is 35.4 Å². The first kappa shape index (κ1) is 23.3. The Kier molecular flexibility index (Phi) is 5.92. The van der Waals surface area contributed by atoms with Crippen molar-refractivity contribution in [3.05, 3.63) is 0 Å². The number of rotatable bonds is 5. The van der Waals surface area contributed by atoms with Crippen molar-refractivity contribution in [3.63, 3.8) is 0 Å². The number of esters is 1. The summed E-state index contributed by atoms with van der Waals surface area (Å²) in [5.41, 5.74) is -1.90. The van der Waals surface area contributed by atoms with E-state index >= 15 is 0 Å². The van der Waals surface area contributed by atoms with E-state index in [4.69, 9.17) is 14.2 Å². The maximum Gasteiger partial charge on any atom is 0.310 e. The summed E-state index contributed by atoms with van der Waals surface area (Å²) in [4.78, 5) is 12.6. The van der Waals surface area contributed by atoms with Crippen molar-refractivity contribution in [3.8, 4) is 0 Å². The molecule has 4 fully saturated rings. The summed E-state index contributed by atoms with van der Waals surface area (Å²) >= 11 is 0. The standard InChI is InChI=1S/C21H34O10/c1-20(2,28)12-11-9-5-4-8(21(9,3)17(26)16(12)31-18(11)27)7-29-19-15(25)14(24)13(23)10(6-22)30-19/h8-17,19,22-26,28H,4-7H2,1-3H3/t8-,9-,10+,11+,12-,13+,14-,15+,16+,17+,19+,21-/m1/s1. The highest BCUT2D eigenvalue weighted by molar-refractivity contribution is 5.77. The second kappa shape index (κ2) is 7.88. The number of fused-ring (bicyclic) bond motifs is 4.